The van der Waals surface area contributed by atoms with Gasteiger partial charge in [-0.3, -0.25) is 15.0 Å². The molecule has 0 amide bonds. The number of pyridine rings is 3. The maximum Gasteiger partial charge on any atom is 0.157 e. The van der Waals surface area contributed by atoms with Gasteiger partial charge in [0.05, 0.1) is 40.6 Å². The van der Waals surface area contributed by atoms with E-state index in [9.17, 15) is 0 Å². The predicted octanol–water partition coefficient (Wildman–Crippen LogP) is 7.88. The summed E-state index contributed by atoms with van der Waals surface area (Å²) in [6.45, 7) is 4.03. The molecule has 2 saturated heterocycles. The molecule has 1 saturated carbocycles. The lowest BCUT2D eigenvalue weighted by atomic mass is 9.85. The minimum Gasteiger partial charge on any atom is -0.375 e. The van der Waals surface area contributed by atoms with Gasteiger partial charge in [-0.2, -0.15) is 0 Å². The number of anilines is 4. The molecular formula is C36H33N7O. The fourth-order valence-electron chi connectivity index (χ4n) is 7.62. The highest BCUT2D eigenvalue weighted by molar-refractivity contribution is 5.94. The predicted molar refractivity (Wildman–Crippen MR) is 174 cm³/mol. The Hall–Kier alpha value is -4.82. The van der Waals surface area contributed by atoms with Crippen molar-refractivity contribution in [1.29, 1.82) is 0 Å². The molecule has 2 aromatic carbocycles. The normalized spacial score (nSPS) is 23.5. The second-order valence-electron chi connectivity index (χ2n) is 12.8. The Morgan fingerprint density at radius 3 is 2.57 bits per heavy atom. The van der Waals surface area contributed by atoms with Gasteiger partial charge in [0.2, 0.25) is 0 Å². The molecule has 8 heteroatoms. The van der Waals surface area contributed by atoms with Crippen molar-refractivity contribution < 1.29 is 4.74 Å². The number of ether oxygens (including phenoxy) is 1. The number of hydrogen-bond donors (Lipinski definition) is 3. The lowest BCUT2D eigenvalue weighted by Gasteiger charge is -2.29. The molecular weight excluding hydrogens is 546 g/mol. The van der Waals surface area contributed by atoms with Gasteiger partial charge in [0, 0.05) is 45.4 Å². The number of nitrogens with zero attached hydrogens (tertiary/aromatic N) is 4. The number of rotatable bonds is 6. The average molecular weight is 580 g/mol. The molecule has 8 nitrogen and oxygen atoms in total. The molecule has 0 unspecified atom stereocenters. The summed E-state index contributed by atoms with van der Waals surface area (Å²) in [6.07, 6.45) is 9.39. The van der Waals surface area contributed by atoms with Crippen LogP contribution in [0.5, 0.6) is 0 Å². The number of aromatic nitrogens is 5. The van der Waals surface area contributed by atoms with Crippen molar-refractivity contribution in [2.24, 2.45) is 5.92 Å². The van der Waals surface area contributed by atoms with Crippen LogP contribution in [0.4, 0.5) is 22.7 Å². The Morgan fingerprint density at radius 2 is 1.68 bits per heavy atom. The van der Waals surface area contributed by atoms with E-state index in [1.807, 2.05) is 56.6 Å². The summed E-state index contributed by atoms with van der Waals surface area (Å²) in [5.41, 5.74) is 11.3. The van der Waals surface area contributed by atoms with E-state index in [-0.39, 0.29) is 5.41 Å². The third-order valence-electron chi connectivity index (χ3n) is 9.78. The third kappa shape index (κ3) is 4.32. The molecule has 2 bridgehead atoms. The summed E-state index contributed by atoms with van der Waals surface area (Å²) in [5.74, 6) is 1.40. The van der Waals surface area contributed by atoms with Crippen LogP contribution in [0, 0.1) is 19.8 Å². The lowest BCUT2D eigenvalue weighted by molar-refractivity contribution is -0.00879. The summed E-state index contributed by atoms with van der Waals surface area (Å²) in [6, 6.07) is 23.2. The topological polar surface area (TPSA) is 101 Å². The highest BCUT2D eigenvalue weighted by atomic mass is 16.5. The molecule has 44 heavy (non-hydrogen) atoms. The van der Waals surface area contributed by atoms with Crippen molar-refractivity contribution in [2.45, 2.75) is 57.2 Å². The van der Waals surface area contributed by atoms with E-state index in [1.165, 1.54) is 24.8 Å². The fraction of sp³-hybridized carbons (Fsp3) is 0.278. The zero-order chi connectivity index (χ0) is 29.4. The SMILES string of the molecule is Cc1cc(Nc2ccc3nc(-c4ccc(Nc5cc(C)nc6ccc([C@]78C[C@H]9CC[C@H](O9)[C@H]7C8)cc56)cn4)[nH]c3c2)ccn1. The number of benzene rings is 2. The Kier molecular flexibility index (Phi) is 5.59. The van der Waals surface area contributed by atoms with Gasteiger partial charge in [-0.05, 0) is 112 Å². The van der Waals surface area contributed by atoms with Gasteiger partial charge < -0.3 is 20.4 Å². The Balaban J connectivity index is 0.976. The van der Waals surface area contributed by atoms with Crippen LogP contribution in [0.15, 0.2) is 79.1 Å². The quantitative estimate of drug-likeness (QED) is 0.185. The second-order valence-corrected chi connectivity index (χ2v) is 12.8. The van der Waals surface area contributed by atoms with Gasteiger partial charge in [0.25, 0.3) is 0 Å². The van der Waals surface area contributed by atoms with E-state index in [0.29, 0.717) is 18.1 Å². The summed E-state index contributed by atoms with van der Waals surface area (Å²) >= 11 is 0. The summed E-state index contributed by atoms with van der Waals surface area (Å²) in [7, 11) is 0. The third-order valence-corrected chi connectivity index (χ3v) is 9.78. The van der Waals surface area contributed by atoms with Crippen LogP contribution >= 0.6 is 0 Å². The molecule has 4 atom stereocenters. The molecule has 2 aliphatic heterocycles. The van der Waals surface area contributed by atoms with Gasteiger partial charge >= 0.3 is 0 Å². The summed E-state index contributed by atoms with van der Waals surface area (Å²) < 4.78 is 6.25. The number of imidazole rings is 1. The minimum atomic E-state index is 0.283. The zero-order valence-corrected chi connectivity index (χ0v) is 24.8. The first-order valence-corrected chi connectivity index (χ1v) is 15.5. The molecule has 6 heterocycles. The van der Waals surface area contributed by atoms with E-state index >= 15 is 0 Å². The van der Waals surface area contributed by atoms with Crippen molar-refractivity contribution in [2.75, 3.05) is 10.6 Å². The van der Waals surface area contributed by atoms with E-state index in [1.54, 1.807) is 0 Å². The van der Waals surface area contributed by atoms with Gasteiger partial charge in [-0.15, -0.1) is 0 Å². The molecule has 3 fully saturated rings. The molecule has 3 aliphatic rings. The van der Waals surface area contributed by atoms with Crippen molar-refractivity contribution >= 4 is 44.7 Å². The Labute approximate surface area is 255 Å². The van der Waals surface area contributed by atoms with Crippen LogP contribution in [0.25, 0.3) is 33.5 Å². The van der Waals surface area contributed by atoms with E-state index in [2.05, 4.69) is 57.0 Å². The van der Waals surface area contributed by atoms with Gasteiger partial charge in [-0.1, -0.05) is 6.07 Å². The number of aromatic amines is 1. The largest absolute Gasteiger partial charge is 0.375 e. The Bertz CT molecular complexity index is 2070. The molecule has 0 spiro atoms. The first-order chi connectivity index (χ1) is 21.5. The maximum absolute atomic E-state index is 6.25. The van der Waals surface area contributed by atoms with Crippen LogP contribution in [-0.2, 0) is 10.2 Å². The lowest BCUT2D eigenvalue weighted by Crippen LogP contribution is -2.29. The molecule has 0 radical (unpaired) electrons. The molecule has 9 rings (SSSR count). The molecule has 1 aliphatic carbocycles. The number of H-pyrrole nitrogens is 1. The first kappa shape index (κ1) is 25.7. The first-order valence-electron chi connectivity index (χ1n) is 15.5. The van der Waals surface area contributed by atoms with Gasteiger partial charge in [-0.25, -0.2) is 4.98 Å². The van der Waals surface area contributed by atoms with Crippen LogP contribution in [-0.4, -0.2) is 37.1 Å². The Morgan fingerprint density at radius 1 is 0.795 bits per heavy atom. The van der Waals surface area contributed by atoms with E-state index in [0.717, 1.165) is 74.0 Å². The molecule has 6 aromatic rings. The standard InChI is InChI=1S/C36H33N7O/c1-20-13-24(11-12-37-20)40-23-4-8-30-33(16-23)43-35(42-30)31-9-5-25(19-38-31)41-32-14-21(2)39-29-7-3-22(15-27(29)32)36-17-26-6-10-34(44-26)28(36)18-36/h3-5,7-9,11-16,19,26,28,34H,6,10,17-18H2,1-2H3,(H,37,40)(H,39,41)(H,42,43)/t26-,28-,34+,36-/m1/s1. The number of nitrogens with one attached hydrogen (secondary N) is 3. The highest BCUT2D eigenvalue weighted by Crippen LogP contribution is 2.65. The number of fused-ring (bicyclic) bond motifs is 6. The zero-order valence-electron chi connectivity index (χ0n) is 24.8. The van der Waals surface area contributed by atoms with Crippen LogP contribution in [0.2, 0.25) is 0 Å². The van der Waals surface area contributed by atoms with Crippen molar-refractivity contribution in [1.82, 2.24) is 24.9 Å². The smallest absolute Gasteiger partial charge is 0.157 e. The number of hydrogen-bond acceptors (Lipinski definition) is 7. The maximum atomic E-state index is 6.25. The highest BCUT2D eigenvalue weighted by Gasteiger charge is 2.64. The van der Waals surface area contributed by atoms with Crippen molar-refractivity contribution in [3.05, 3.63) is 96.1 Å². The van der Waals surface area contributed by atoms with E-state index in [4.69, 9.17) is 19.7 Å². The average Bonchev–Trinajstić information content (AvgIpc) is 3.41. The second kappa shape index (κ2) is 9.59. The molecule has 3 N–H and O–H groups in total. The van der Waals surface area contributed by atoms with Crippen LogP contribution in [0.3, 0.4) is 0 Å². The summed E-state index contributed by atoms with van der Waals surface area (Å²) in [5, 5.41) is 8.24. The number of aryl methyl sites for hydroxylation is 2. The molecule has 4 aromatic heterocycles. The summed E-state index contributed by atoms with van der Waals surface area (Å²) in [4.78, 5) is 22.1. The van der Waals surface area contributed by atoms with Gasteiger partial charge in [0.15, 0.2) is 5.82 Å². The van der Waals surface area contributed by atoms with Gasteiger partial charge in [0.1, 0.15) is 5.69 Å². The van der Waals surface area contributed by atoms with Crippen molar-refractivity contribution in [3.8, 4) is 11.5 Å². The molecule has 218 valence electrons. The van der Waals surface area contributed by atoms with Crippen LogP contribution < -0.4 is 10.6 Å². The fourth-order valence-corrected chi connectivity index (χ4v) is 7.62. The monoisotopic (exact) mass is 579 g/mol. The van der Waals surface area contributed by atoms with Crippen molar-refractivity contribution in [3.63, 3.8) is 0 Å². The minimum absolute atomic E-state index is 0.283. The van der Waals surface area contributed by atoms with Crippen LogP contribution in [0.1, 0.15) is 42.6 Å². The van der Waals surface area contributed by atoms with E-state index < -0.39 is 0 Å².